The first kappa shape index (κ1) is 26.1. The average Bonchev–Trinajstić information content (AvgIpc) is 2.91. The number of rotatable bonds is 9. The van der Waals surface area contributed by atoms with E-state index in [9.17, 15) is 4.57 Å². The molecule has 4 aromatic rings. The lowest BCUT2D eigenvalue weighted by molar-refractivity contribution is 0.233. The van der Waals surface area contributed by atoms with Crippen LogP contribution in [0.15, 0.2) is 140 Å². The summed E-state index contributed by atoms with van der Waals surface area (Å²) in [5, 5.41) is 8.63. The van der Waals surface area contributed by atoms with Crippen LogP contribution in [-0.2, 0) is 18.1 Å². The second kappa shape index (κ2) is 14.7. The maximum atomic E-state index is 13.0. The molecule has 0 fully saturated rings. The fourth-order valence-corrected chi connectivity index (χ4v) is 3.52. The van der Waals surface area contributed by atoms with E-state index in [1.54, 1.807) is 42.5 Å². The van der Waals surface area contributed by atoms with Gasteiger partial charge in [-0.25, -0.2) is 0 Å². The first-order valence-corrected chi connectivity index (χ1v) is 12.6. The van der Waals surface area contributed by atoms with Gasteiger partial charge in [0, 0.05) is 0 Å². The molecule has 4 rings (SSSR count). The Hall–Kier alpha value is -4.47. The zero-order valence-corrected chi connectivity index (χ0v) is 20.4. The molecule has 0 bridgehead atoms. The van der Waals surface area contributed by atoms with Crippen molar-refractivity contribution < 1.29 is 23.2 Å². The average molecular weight is 499 g/mol. The largest absolute Gasteiger partial charge is 0.645 e. The van der Waals surface area contributed by atoms with Crippen molar-refractivity contribution in [3.8, 4) is 5.75 Å². The fraction of sp³-hybridized carbons (Fsp3) is 0. The monoisotopic (exact) mass is 498 g/mol. The molecule has 5 nitrogen and oxygen atoms in total. The van der Waals surface area contributed by atoms with Crippen LogP contribution in [0.5, 0.6) is 5.75 Å². The Bertz CT molecular complexity index is 1140. The van der Waals surface area contributed by atoms with E-state index >= 15 is 0 Å². The highest BCUT2D eigenvalue weighted by molar-refractivity contribution is 7.48. The van der Waals surface area contributed by atoms with Crippen LogP contribution in [0.1, 0.15) is 16.7 Å². The lowest BCUT2D eigenvalue weighted by Gasteiger charge is -2.13. The van der Waals surface area contributed by atoms with Crippen molar-refractivity contribution >= 4 is 26.1 Å². The van der Waals surface area contributed by atoms with E-state index < -0.39 is 7.82 Å². The van der Waals surface area contributed by atoms with E-state index in [0.717, 1.165) is 16.7 Å². The summed E-state index contributed by atoms with van der Waals surface area (Å²) in [6.07, 6.45) is 8.97. The summed E-state index contributed by atoms with van der Waals surface area (Å²) in [6, 6.07) is 37.3. The summed E-state index contributed by atoms with van der Waals surface area (Å²) in [6.45, 7) is 0. The first-order valence-electron chi connectivity index (χ1n) is 11.2. The van der Waals surface area contributed by atoms with Crippen LogP contribution in [-0.4, -0.2) is 5.11 Å². The van der Waals surface area contributed by atoms with Gasteiger partial charge in [-0.05, 0) is 47.1 Å². The number of hydrogen-bond acceptors (Lipinski definition) is 5. The number of hydrogen-bond donors (Lipinski definition) is 1. The van der Waals surface area contributed by atoms with Crippen molar-refractivity contribution in [2.75, 3.05) is 0 Å². The fourth-order valence-electron chi connectivity index (χ4n) is 2.75. The summed E-state index contributed by atoms with van der Waals surface area (Å²) in [5.41, 5.74) is 2.70. The number of phenols is 1. The molecule has 0 aliphatic heterocycles. The van der Waals surface area contributed by atoms with Gasteiger partial charge in [0.1, 0.15) is 5.75 Å². The molecule has 1 N–H and O–H groups in total. The molecule has 6 heteroatoms. The van der Waals surface area contributed by atoms with Gasteiger partial charge in [-0.2, -0.15) is 4.57 Å². The van der Waals surface area contributed by atoms with Gasteiger partial charge in [-0.1, -0.05) is 109 Å². The van der Waals surface area contributed by atoms with Crippen LogP contribution < -0.4 is 0 Å². The number of phosphoric ester groups is 1. The smallest absolute Gasteiger partial charge is 0.508 e. The number of benzene rings is 4. The molecule has 0 radical (unpaired) electrons. The van der Waals surface area contributed by atoms with Crippen molar-refractivity contribution in [3.63, 3.8) is 0 Å². The Morgan fingerprint density at radius 2 is 0.750 bits per heavy atom. The highest BCUT2D eigenvalue weighted by Crippen LogP contribution is 2.50. The number of phenolic OH excluding ortho intramolecular Hbond substituents is 1. The summed E-state index contributed by atoms with van der Waals surface area (Å²) in [4.78, 5) is 0. The minimum Gasteiger partial charge on any atom is -0.508 e. The Kier molecular flexibility index (Phi) is 10.7. The third-order valence-corrected chi connectivity index (χ3v) is 5.65. The van der Waals surface area contributed by atoms with Gasteiger partial charge in [0.2, 0.25) is 0 Å². The Morgan fingerprint density at radius 3 is 1.00 bits per heavy atom. The quantitative estimate of drug-likeness (QED) is 0.185. The van der Waals surface area contributed by atoms with Gasteiger partial charge in [-0.15, -0.1) is 0 Å². The van der Waals surface area contributed by atoms with Gasteiger partial charge >= 0.3 is 7.82 Å². The van der Waals surface area contributed by atoms with Crippen molar-refractivity contribution in [2.45, 2.75) is 0 Å². The SMILES string of the molecule is O=P(O/C=C/c1ccccc1)(O/C=C/c1ccccc1)O/C=C/c1ccccc1.Oc1ccccc1. The van der Waals surface area contributed by atoms with Gasteiger partial charge < -0.3 is 18.7 Å². The van der Waals surface area contributed by atoms with E-state index in [1.165, 1.54) is 18.8 Å². The van der Waals surface area contributed by atoms with E-state index in [0.29, 0.717) is 5.75 Å². The predicted octanol–water partition coefficient (Wildman–Crippen LogP) is 8.55. The van der Waals surface area contributed by atoms with Crippen LogP contribution in [0.3, 0.4) is 0 Å². The third kappa shape index (κ3) is 10.2. The van der Waals surface area contributed by atoms with Crippen molar-refractivity contribution in [2.24, 2.45) is 0 Å². The zero-order chi connectivity index (χ0) is 25.3. The van der Waals surface area contributed by atoms with Crippen LogP contribution in [0.4, 0.5) is 0 Å². The Balaban J connectivity index is 0.000000444. The first-order chi connectivity index (χ1) is 17.6. The normalized spacial score (nSPS) is 11.2. The van der Waals surface area contributed by atoms with E-state index in [-0.39, 0.29) is 0 Å². The highest BCUT2D eigenvalue weighted by Gasteiger charge is 2.27. The van der Waals surface area contributed by atoms with Gasteiger partial charge in [-0.3, -0.25) is 0 Å². The molecule has 0 spiro atoms. The van der Waals surface area contributed by atoms with Gasteiger partial charge in [0.05, 0.1) is 18.8 Å². The van der Waals surface area contributed by atoms with Crippen molar-refractivity contribution in [3.05, 3.63) is 157 Å². The maximum Gasteiger partial charge on any atom is 0.645 e. The van der Waals surface area contributed by atoms with Crippen LogP contribution >= 0.6 is 7.82 Å². The molecule has 0 saturated carbocycles. The lowest BCUT2D eigenvalue weighted by Crippen LogP contribution is -1.89. The number of aromatic hydroxyl groups is 1. The van der Waals surface area contributed by atoms with Gasteiger partial charge in [0.25, 0.3) is 0 Å². The molecule has 0 unspecified atom stereocenters. The molecule has 0 aromatic heterocycles. The molecule has 0 atom stereocenters. The summed E-state index contributed by atoms with van der Waals surface area (Å²) >= 11 is 0. The van der Waals surface area contributed by atoms with E-state index in [4.69, 9.17) is 18.7 Å². The second-order valence-corrected chi connectivity index (χ2v) is 8.77. The summed E-state index contributed by atoms with van der Waals surface area (Å²) < 4.78 is 29.0. The Morgan fingerprint density at radius 1 is 0.472 bits per heavy atom. The molecule has 0 heterocycles. The molecule has 0 aliphatic rings. The molecule has 4 aromatic carbocycles. The third-order valence-electron chi connectivity index (χ3n) is 4.51. The molecule has 182 valence electrons. The molecule has 0 saturated heterocycles. The van der Waals surface area contributed by atoms with Crippen molar-refractivity contribution in [1.29, 1.82) is 0 Å². The molecule has 0 amide bonds. The van der Waals surface area contributed by atoms with Crippen LogP contribution in [0, 0.1) is 0 Å². The number of para-hydroxylation sites is 1. The molecule has 36 heavy (non-hydrogen) atoms. The number of phosphoric acid groups is 1. The maximum absolute atomic E-state index is 13.0. The highest BCUT2D eigenvalue weighted by atomic mass is 31.2. The van der Waals surface area contributed by atoms with E-state index in [2.05, 4.69) is 0 Å². The summed E-state index contributed by atoms with van der Waals surface area (Å²) in [7, 11) is -3.89. The molecular formula is C30H27O5P. The van der Waals surface area contributed by atoms with Crippen LogP contribution in [0.2, 0.25) is 0 Å². The van der Waals surface area contributed by atoms with E-state index in [1.807, 2.05) is 97.1 Å². The molecular weight excluding hydrogens is 471 g/mol. The Labute approximate surface area is 211 Å². The topological polar surface area (TPSA) is 65.0 Å². The standard InChI is InChI=1S/C24H21O4P.C6H6O/c25-29(26-19-16-22-10-4-1-5-11-22,27-20-17-23-12-6-2-7-13-23)28-21-18-24-14-8-3-9-15-24;7-6-4-2-1-3-5-6/h1-21H;1-5,7H/b19-16+,20-17+,21-18+;. The lowest BCUT2D eigenvalue weighted by atomic mass is 10.2. The molecule has 0 aliphatic carbocycles. The van der Waals surface area contributed by atoms with Crippen LogP contribution in [0.25, 0.3) is 18.2 Å². The predicted molar refractivity (Wildman–Crippen MR) is 145 cm³/mol. The van der Waals surface area contributed by atoms with Gasteiger partial charge in [0.15, 0.2) is 0 Å². The minimum atomic E-state index is -3.89. The second-order valence-electron chi connectivity index (χ2n) is 7.24. The van der Waals surface area contributed by atoms with Crippen molar-refractivity contribution in [1.82, 2.24) is 0 Å². The summed E-state index contributed by atoms with van der Waals surface area (Å²) in [5.74, 6) is 0.322. The minimum absolute atomic E-state index is 0.322. The zero-order valence-electron chi connectivity index (χ0n) is 19.5.